The number of aryl methyl sites for hydroxylation is 1. The quantitative estimate of drug-likeness (QED) is 0.864. The summed E-state index contributed by atoms with van der Waals surface area (Å²) in [5.41, 5.74) is 3.13. The summed E-state index contributed by atoms with van der Waals surface area (Å²) in [5, 5.41) is 11.4. The second-order valence-corrected chi connectivity index (χ2v) is 4.02. The number of carbonyl (C=O) groups excluding carboxylic acids is 1. The Morgan fingerprint density at radius 1 is 1.33 bits per heavy atom. The summed E-state index contributed by atoms with van der Waals surface area (Å²) in [6.45, 7) is 1.88. The van der Waals surface area contributed by atoms with E-state index in [1.54, 1.807) is 18.3 Å². The van der Waals surface area contributed by atoms with Gasteiger partial charge < -0.3 is 10.3 Å². The number of anilines is 1. The molecule has 18 heavy (non-hydrogen) atoms. The zero-order valence-corrected chi connectivity index (χ0v) is 10.0. The first-order chi connectivity index (χ1) is 8.70. The van der Waals surface area contributed by atoms with Crippen molar-refractivity contribution in [3.8, 4) is 6.07 Å². The highest BCUT2D eigenvalue weighted by Crippen LogP contribution is 2.12. The van der Waals surface area contributed by atoms with E-state index < -0.39 is 0 Å². The number of aromatic nitrogens is 1. The molecule has 4 nitrogen and oxygen atoms in total. The summed E-state index contributed by atoms with van der Waals surface area (Å²) in [6.07, 6.45) is 2.12. The number of rotatable bonds is 3. The van der Waals surface area contributed by atoms with Gasteiger partial charge in [0.2, 0.25) is 0 Å². The van der Waals surface area contributed by atoms with Gasteiger partial charge in [0.15, 0.2) is 0 Å². The van der Waals surface area contributed by atoms with Crippen LogP contribution in [0.3, 0.4) is 0 Å². The molecule has 0 saturated carbocycles. The molecule has 0 aliphatic carbocycles. The van der Waals surface area contributed by atoms with Crippen molar-refractivity contribution in [2.45, 2.75) is 13.3 Å². The van der Waals surface area contributed by atoms with Crippen LogP contribution in [0.5, 0.6) is 0 Å². The summed E-state index contributed by atoms with van der Waals surface area (Å²) < 4.78 is 0. The number of nitrogens with zero attached hydrogens (tertiary/aromatic N) is 1. The van der Waals surface area contributed by atoms with Crippen LogP contribution >= 0.6 is 0 Å². The Hall–Kier alpha value is -2.54. The molecule has 2 rings (SSSR count). The number of hydrogen-bond acceptors (Lipinski definition) is 2. The van der Waals surface area contributed by atoms with Crippen LogP contribution in [0.4, 0.5) is 5.69 Å². The Kier molecular flexibility index (Phi) is 3.44. The Labute approximate surface area is 105 Å². The Bertz CT molecular complexity index is 590. The van der Waals surface area contributed by atoms with E-state index in [1.165, 1.54) is 0 Å². The van der Waals surface area contributed by atoms with Gasteiger partial charge in [-0.05, 0) is 36.2 Å². The zero-order valence-electron chi connectivity index (χ0n) is 10.0. The molecule has 1 aromatic heterocycles. The lowest BCUT2D eigenvalue weighted by Gasteiger charge is -2.05. The predicted octanol–water partition coefficient (Wildman–Crippen LogP) is 2.64. The Morgan fingerprint density at radius 3 is 2.61 bits per heavy atom. The maximum atomic E-state index is 11.9. The molecule has 0 saturated heterocycles. The Morgan fingerprint density at radius 2 is 2.06 bits per heavy atom. The summed E-state index contributed by atoms with van der Waals surface area (Å²) >= 11 is 0. The average Bonchev–Trinajstić information content (AvgIpc) is 2.78. The molecule has 0 spiro atoms. The molecule has 1 aromatic carbocycles. The number of carbonyl (C=O) groups is 1. The third-order valence-electron chi connectivity index (χ3n) is 2.68. The van der Waals surface area contributed by atoms with Crippen LogP contribution in [-0.4, -0.2) is 10.9 Å². The van der Waals surface area contributed by atoms with Crippen molar-refractivity contribution in [1.82, 2.24) is 4.98 Å². The molecule has 90 valence electrons. The van der Waals surface area contributed by atoms with Crippen molar-refractivity contribution in [3.63, 3.8) is 0 Å². The smallest absolute Gasteiger partial charge is 0.272 e. The first-order valence-corrected chi connectivity index (χ1v) is 5.62. The fraction of sp³-hybridized carbons (Fsp3) is 0.143. The highest BCUT2D eigenvalue weighted by atomic mass is 16.1. The third kappa shape index (κ3) is 2.58. The van der Waals surface area contributed by atoms with E-state index in [9.17, 15) is 4.79 Å². The number of nitriles is 1. The van der Waals surface area contributed by atoms with Gasteiger partial charge in [0.1, 0.15) is 5.69 Å². The van der Waals surface area contributed by atoms with Crippen molar-refractivity contribution >= 4 is 11.6 Å². The van der Waals surface area contributed by atoms with Gasteiger partial charge in [-0.1, -0.05) is 12.1 Å². The SMILES string of the molecule is Cc1cc[nH]c1C(=O)Nc1ccc(CC#N)cc1. The first kappa shape index (κ1) is 11.9. The maximum Gasteiger partial charge on any atom is 0.272 e. The average molecular weight is 239 g/mol. The molecule has 4 heteroatoms. The van der Waals surface area contributed by atoms with Crippen LogP contribution in [0.25, 0.3) is 0 Å². The van der Waals surface area contributed by atoms with Gasteiger partial charge in [0.05, 0.1) is 12.5 Å². The second kappa shape index (κ2) is 5.19. The molecular formula is C14H13N3O. The highest BCUT2D eigenvalue weighted by molar-refractivity contribution is 6.03. The number of aromatic amines is 1. The van der Waals surface area contributed by atoms with Gasteiger partial charge in [-0.15, -0.1) is 0 Å². The van der Waals surface area contributed by atoms with Gasteiger partial charge in [-0.25, -0.2) is 0 Å². The lowest BCUT2D eigenvalue weighted by atomic mass is 10.1. The summed E-state index contributed by atoms with van der Waals surface area (Å²) in [4.78, 5) is 14.8. The monoisotopic (exact) mass is 239 g/mol. The van der Waals surface area contributed by atoms with E-state index >= 15 is 0 Å². The normalized spacial score (nSPS) is 9.78. The second-order valence-electron chi connectivity index (χ2n) is 4.02. The van der Waals surface area contributed by atoms with Gasteiger partial charge in [0.25, 0.3) is 5.91 Å². The molecule has 2 aromatic rings. The standard InChI is InChI=1S/C14H13N3O/c1-10-7-9-16-13(10)14(18)17-12-4-2-11(3-5-12)6-8-15/h2-5,7,9,16H,6H2,1H3,(H,17,18). The largest absolute Gasteiger partial charge is 0.357 e. The van der Waals surface area contributed by atoms with Crippen LogP contribution < -0.4 is 5.32 Å². The van der Waals surface area contributed by atoms with E-state index in [2.05, 4.69) is 16.4 Å². The van der Waals surface area contributed by atoms with E-state index in [-0.39, 0.29) is 5.91 Å². The van der Waals surface area contributed by atoms with Crippen LogP contribution in [0.1, 0.15) is 21.6 Å². The molecule has 0 atom stereocenters. The molecule has 0 radical (unpaired) electrons. The van der Waals surface area contributed by atoms with E-state index in [0.717, 1.165) is 16.8 Å². The zero-order chi connectivity index (χ0) is 13.0. The predicted molar refractivity (Wildman–Crippen MR) is 69.2 cm³/mol. The van der Waals surface area contributed by atoms with Gasteiger partial charge in [-0.3, -0.25) is 4.79 Å². The molecule has 0 unspecified atom stereocenters. The summed E-state index contributed by atoms with van der Waals surface area (Å²) in [7, 11) is 0. The molecule has 2 N–H and O–H groups in total. The van der Waals surface area contributed by atoms with Crippen LogP contribution in [0, 0.1) is 18.3 Å². The lowest BCUT2D eigenvalue weighted by molar-refractivity contribution is 0.102. The van der Waals surface area contributed by atoms with Gasteiger partial charge >= 0.3 is 0 Å². The number of H-pyrrole nitrogens is 1. The number of benzene rings is 1. The fourth-order valence-corrected chi connectivity index (χ4v) is 1.68. The molecule has 1 heterocycles. The molecular weight excluding hydrogens is 226 g/mol. The van der Waals surface area contributed by atoms with E-state index in [4.69, 9.17) is 5.26 Å². The van der Waals surface area contributed by atoms with E-state index in [0.29, 0.717) is 12.1 Å². The molecule has 0 fully saturated rings. The van der Waals surface area contributed by atoms with Gasteiger partial charge in [-0.2, -0.15) is 5.26 Å². The fourth-order valence-electron chi connectivity index (χ4n) is 1.68. The topological polar surface area (TPSA) is 68.7 Å². The van der Waals surface area contributed by atoms with Gasteiger partial charge in [0, 0.05) is 11.9 Å². The third-order valence-corrected chi connectivity index (χ3v) is 2.68. The Balaban J connectivity index is 2.08. The number of amides is 1. The van der Waals surface area contributed by atoms with Crippen LogP contribution in [0.2, 0.25) is 0 Å². The van der Waals surface area contributed by atoms with Crippen molar-refractivity contribution in [3.05, 3.63) is 53.3 Å². The van der Waals surface area contributed by atoms with Crippen molar-refractivity contribution in [2.24, 2.45) is 0 Å². The summed E-state index contributed by atoms with van der Waals surface area (Å²) in [6, 6.07) is 11.2. The molecule has 0 bridgehead atoms. The minimum atomic E-state index is -0.162. The van der Waals surface area contributed by atoms with Crippen LogP contribution in [-0.2, 0) is 6.42 Å². The lowest BCUT2D eigenvalue weighted by Crippen LogP contribution is -2.13. The first-order valence-electron chi connectivity index (χ1n) is 5.62. The number of hydrogen-bond donors (Lipinski definition) is 2. The number of nitrogens with one attached hydrogen (secondary N) is 2. The maximum absolute atomic E-state index is 11.9. The minimum absolute atomic E-state index is 0.162. The molecule has 0 aliphatic rings. The van der Waals surface area contributed by atoms with Crippen molar-refractivity contribution in [1.29, 1.82) is 5.26 Å². The van der Waals surface area contributed by atoms with E-state index in [1.807, 2.05) is 25.1 Å². The van der Waals surface area contributed by atoms with Crippen LogP contribution in [0.15, 0.2) is 36.5 Å². The molecule has 0 aliphatic heterocycles. The van der Waals surface area contributed by atoms with Crippen molar-refractivity contribution < 1.29 is 4.79 Å². The highest BCUT2D eigenvalue weighted by Gasteiger charge is 2.09. The van der Waals surface area contributed by atoms with Crippen molar-refractivity contribution in [2.75, 3.05) is 5.32 Å². The minimum Gasteiger partial charge on any atom is -0.357 e. The summed E-state index contributed by atoms with van der Waals surface area (Å²) in [5.74, 6) is -0.162. The molecule has 1 amide bonds.